The quantitative estimate of drug-likeness (QED) is 0.709. The lowest BCUT2D eigenvalue weighted by Crippen LogP contribution is -2.36. The van der Waals surface area contributed by atoms with Crippen molar-refractivity contribution in [2.45, 2.75) is 13.8 Å². The van der Waals surface area contributed by atoms with Crippen LogP contribution in [-0.4, -0.2) is 34.7 Å². The van der Waals surface area contributed by atoms with Crippen molar-refractivity contribution in [1.82, 2.24) is 4.72 Å². The number of hydrogen-bond acceptors (Lipinski definition) is 5. The second-order valence-corrected chi connectivity index (χ2v) is 8.29. The first-order chi connectivity index (χ1) is 6.47. The van der Waals surface area contributed by atoms with Gasteiger partial charge in [0.2, 0.25) is 10.0 Å². The summed E-state index contributed by atoms with van der Waals surface area (Å²) in [4.78, 5) is 0. The Morgan fingerprint density at radius 1 is 1.27 bits per heavy atom. The fourth-order valence-electron chi connectivity index (χ4n) is 0.653. The number of rotatable bonds is 5. The number of hydrogen-bond donors (Lipinski definition) is 1. The molecule has 6 nitrogen and oxygen atoms in total. The second kappa shape index (κ2) is 4.47. The van der Waals surface area contributed by atoms with E-state index in [2.05, 4.69) is 4.72 Å². The Labute approximate surface area is 90.3 Å². The third-order valence-electron chi connectivity index (χ3n) is 1.41. The van der Waals surface area contributed by atoms with Crippen LogP contribution in [0, 0.1) is 16.7 Å². The average molecular weight is 254 g/mol. The Morgan fingerprint density at radius 2 is 1.73 bits per heavy atom. The molecule has 0 aliphatic carbocycles. The molecule has 0 unspecified atom stereocenters. The van der Waals surface area contributed by atoms with Crippen LogP contribution in [-0.2, 0) is 19.9 Å². The van der Waals surface area contributed by atoms with Gasteiger partial charge in [0.25, 0.3) is 0 Å². The maximum Gasteiger partial charge on any atom is 0.226 e. The molecular formula is C7H14N2O4S2. The Morgan fingerprint density at radius 3 is 2.07 bits per heavy atom. The zero-order valence-corrected chi connectivity index (χ0v) is 10.4. The lowest BCUT2D eigenvalue weighted by atomic mass is 9.97. The number of nitriles is 1. The van der Waals surface area contributed by atoms with E-state index in [1.807, 2.05) is 6.07 Å². The first-order valence-corrected chi connectivity index (χ1v) is 7.75. The van der Waals surface area contributed by atoms with Gasteiger partial charge in [0.05, 0.1) is 11.5 Å². The average Bonchev–Trinajstić information content (AvgIpc) is 1.97. The van der Waals surface area contributed by atoms with Crippen molar-refractivity contribution in [2.75, 3.05) is 17.9 Å². The highest BCUT2D eigenvalue weighted by Gasteiger charge is 2.23. The second-order valence-electron chi connectivity index (χ2n) is 3.98. The first kappa shape index (κ1) is 14.3. The van der Waals surface area contributed by atoms with E-state index in [4.69, 9.17) is 5.26 Å². The molecule has 0 saturated heterocycles. The van der Waals surface area contributed by atoms with Gasteiger partial charge in [-0.15, -0.1) is 0 Å². The van der Waals surface area contributed by atoms with E-state index in [1.165, 1.54) is 0 Å². The van der Waals surface area contributed by atoms with Crippen LogP contribution in [0.2, 0.25) is 0 Å². The van der Waals surface area contributed by atoms with Gasteiger partial charge in [-0.25, -0.2) is 21.6 Å². The highest BCUT2D eigenvalue weighted by Crippen LogP contribution is 2.11. The van der Waals surface area contributed by atoms with E-state index in [0.29, 0.717) is 0 Å². The maximum atomic E-state index is 11.2. The van der Waals surface area contributed by atoms with Crippen LogP contribution in [0.1, 0.15) is 13.8 Å². The Bertz CT molecular complexity index is 456. The molecule has 8 heteroatoms. The van der Waals surface area contributed by atoms with E-state index in [-0.39, 0.29) is 6.54 Å². The maximum absolute atomic E-state index is 11.2. The van der Waals surface area contributed by atoms with Crippen LogP contribution in [0.25, 0.3) is 0 Å². The van der Waals surface area contributed by atoms with Crippen molar-refractivity contribution >= 4 is 19.9 Å². The van der Waals surface area contributed by atoms with Gasteiger partial charge >= 0.3 is 0 Å². The smallest absolute Gasteiger partial charge is 0.226 e. The van der Waals surface area contributed by atoms with Crippen molar-refractivity contribution < 1.29 is 16.8 Å². The Kier molecular flexibility index (Phi) is 4.27. The number of nitrogens with one attached hydrogen (secondary N) is 1. The third-order valence-corrected chi connectivity index (χ3v) is 4.94. The van der Waals surface area contributed by atoms with Crippen molar-refractivity contribution in [3.8, 4) is 6.07 Å². The number of nitrogens with zero attached hydrogens (tertiary/aromatic N) is 1. The predicted molar refractivity (Wildman–Crippen MR) is 56.0 cm³/mol. The highest BCUT2D eigenvalue weighted by atomic mass is 32.3. The molecule has 0 radical (unpaired) electrons. The fraction of sp³-hybridized carbons (Fsp3) is 0.857. The van der Waals surface area contributed by atoms with Crippen LogP contribution in [0.5, 0.6) is 0 Å². The molecule has 0 atom stereocenters. The summed E-state index contributed by atoms with van der Waals surface area (Å²) in [6.45, 7) is 2.99. The van der Waals surface area contributed by atoms with Crippen molar-refractivity contribution in [3.05, 3.63) is 0 Å². The molecule has 0 aromatic heterocycles. The van der Waals surface area contributed by atoms with E-state index >= 15 is 0 Å². The van der Waals surface area contributed by atoms with E-state index in [9.17, 15) is 16.8 Å². The number of sulfone groups is 1. The van der Waals surface area contributed by atoms with Gasteiger partial charge in [-0.2, -0.15) is 5.26 Å². The van der Waals surface area contributed by atoms with Crippen LogP contribution in [0.4, 0.5) is 0 Å². The summed E-state index contributed by atoms with van der Waals surface area (Å²) in [5, 5.41) is 7.66. The monoisotopic (exact) mass is 254 g/mol. The van der Waals surface area contributed by atoms with Crippen molar-refractivity contribution in [3.63, 3.8) is 0 Å². The molecule has 0 amide bonds. The van der Waals surface area contributed by atoms with Crippen LogP contribution in [0.15, 0.2) is 0 Å². The van der Waals surface area contributed by atoms with Gasteiger partial charge in [-0.3, -0.25) is 0 Å². The Hall–Kier alpha value is -0.650. The minimum absolute atomic E-state index is 0.110. The van der Waals surface area contributed by atoms with Gasteiger partial charge in [-0.1, -0.05) is 0 Å². The van der Waals surface area contributed by atoms with Gasteiger partial charge in [0.15, 0.2) is 14.9 Å². The standard InChI is InChI=1S/C7H14N2O4S2/c1-7(2,4-8)5-9-15(12,13)6-14(3,10)11/h9H,5-6H2,1-3H3. The van der Waals surface area contributed by atoms with Crippen molar-refractivity contribution in [1.29, 1.82) is 5.26 Å². The molecule has 0 aromatic carbocycles. The van der Waals surface area contributed by atoms with E-state index < -0.39 is 30.4 Å². The summed E-state index contributed by atoms with van der Waals surface area (Å²) in [5.74, 6) is 0. The molecule has 0 aliphatic heterocycles. The molecular weight excluding hydrogens is 240 g/mol. The summed E-state index contributed by atoms with van der Waals surface area (Å²) < 4.78 is 46.0. The molecule has 1 N–H and O–H groups in total. The van der Waals surface area contributed by atoms with Crippen LogP contribution >= 0.6 is 0 Å². The topological polar surface area (TPSA) is 104 Å². The normalized spacial score (nSPS) is 13.5. The molecule has 0 aliphatic rings. The molecule has 15 heavy (non-hydrogen) atoms. The molecule has 88 valence electrons. The minimum atomic E-state index is -3.87. The molecule has 0 heterocycles. The highest BCUT2D eigenvalue weighted by molar-refractivity contribution is 8.06. The predicted octanol–water partition coefficient (Wildman–Crippen LogP) is -0.542. The van der Waals surface area contributed by atoms with Crippen molar-refractivity contribution in [2.24, 2.45) is 5.41 Å². The molecule has 0 bridgehead atoms. The Balaban J connectivity index is 4.52. The van der Waals surface area contributed by atoms with Gasteiger partial charge in [0, 0.05) is 12.8 Å². The van der Waals surface area contributed by atoms with Gasteiger partial charge in [0.1, 0.15) is 0 Å². The molecule has 0 fully saturated rings. The molecule has 0 saturated carbocycles. The van der Waals surface area contributed by atoms with Crippen LogP contribution < -0.4 is 4.72 Å². The molecule has 0 spiro atoms. The fourth-order valence-corrected chi connectivity index (χ4v) is 3.82. The summed E-state index contributed by atoms with van der Waals surface area (Å²) in [5.41, 5.74) is -0.857. The summed E-state index contributed by atoms with van der Waals surface area (Å²) >= 11 is 0. The molecule has 0 aromatic rings. The third kappa shape index (κ3) is 7.30. The lowest BCUT2D eigenvalue weighted by molar-refractivity contribution is 0.479. The zero-order valence-electron chi connectivity index (χ0n) is 8.81. The summed E-state index contributed by atoms with van der Waals surface area (Å²) in [6, 6.07) is 1.90. The van der Waals surface area contributed by atoms with Crippen LogP contribution in [0.3, 0.4) is 0 Å². The SMILES string of the molecule is CC(C)(C#N)CNS(=O)(=O)CS(C)(=O)=O. The summed E-state index contributed by atoms with van der Waals surface area (Å²) in [7, 11) is -7.46. The minimum Gasteiger partial charge on any atom is -0.228 e. The van der Waals surface area contributed by atoms with E-state index in [1.54, 1.807) is 13.8 Å². The van der Waals surface area contributed by atoms with Gasteiger partial charge < -0.3 is 0 Å². The number of sulfonamides is 1. The molecule has 0 rings (SSSR count). The zero-order chi connectivity index (χ0) is 12.3. The van der Waals surface area contributed by atoms with E-state index in [0.717, 1.165) is 6.26 Å². The largest absolute Gasteiger partial charge is 0.228 e. The summed E-state index contributed by atoms with van der Waals surface area (Å²) in [6.07, 6.45) is 0.835. The van der Waals surface area contributed by atoms with Gasteiger partial charge in [-0.05, 0) is 13.8 Å². The first-order valence-electron chi connectivity index (χ1n) is 4.04. The lowest BCUT2D eigenvalue weighted by Gasteiger charge is -2.15.